The summed E-state index contributed by atoms with van der Waals surface area (Å²) in [6.45, 7) is 4.17. The Kier molecular flexibility index (Phi) is 2.49. The van der Waals surface area contributed by atoms with Gasteiger partial charge in [-0.1, -0.05) is 0 Å². The number of carboxylic acid groups (broad SMARTS) is 1. The molecular weight excluding hydrogens is 182 g/mol. The Morgan fingerprint density at radius 3 is 2.93 bits per heavy atom. The average molecular weight is 199 g/mol. The molecule has 4 heteroatoms. The Hall–Kier alpha value is -0.610. The van der Waals surface area contributed by atoms with Crippen molar-refractivity contribution in [3.05, 3.63) is 0 Å². The van der Waals surface area contributed by atoms with Crippen molar-refractivity contribution in [2.75, 3.05) is 19.7 Å². The smallest absolute Gasteiger partial charge is 0.308 e. The molecule has 1 heterocycles. The van der Waals surface area contributed by atoms with Crippen molar-refractivity contribution in [3.8, 4) is 0 Å². The highest BCUT2D eigenvalue weighted by Gasteiger charge is 2.55. The Morgan fingerprint density at radius 1 is 1.64 bits per heavy atom. The van der Waals surface area contributed by atoms with Gasteiger partial charge < -0.3 is 15.2 Å². The van der Waals surface area contributed by atoms with E-state index in [1.807, 2.05) is 6.92 Å². The van der Waals surface area contributed by atoms with E-state index in [1.165, 1.54) is 0 Å². The Labute approximate surface area is 83.6 Å². The normalized spacial score (nSPS) is 41.2. The van der Waals surface area contributed by atoms with Crippen molar-refractivity contribution in [3.63, 3.8) is 0 Å². The molecule has 2 N–H and O–H groups in total. The zero-order valence-electron chi connectivity index (χ0n) is 8.45. The summed E-state index contributed by atoms with van der Waals surface area (Å²) in [6.07, 6.45) is 2.11. The van der Waals surface area contributed by atoms with E-state index in [0.29, 0.717) is 12.6 Å². The van der Waals surface area contributed by atoms with E-state index >= 15 is 0 Å². The molecule has 1 aliphatic heterocycles. The van der Waals surface area contributed by atoms with Crippen LogP contribution in [0, 0.1) is 11.3 Å². The topological polar surface area (TPSA) is 58.6 Å². The van der Waals surface area contributed by atoms with Gasteiger partial charge in [0.2, 0.25) is 0 Å². The maximum absolute atomic E-state index is 11.0. The second-order valence-corrected chi connectivity index (χ2v) is 4.37. The van der Waals surface area contributed by atoms with Gasteiger partial charge in [0, 0.05) is 25.1 Å². The number of ether oxygens (including phenoxy) is 1. The van der Waals surface area contributed by atoms with Crippen LogP contribution in [0.2, 0.25) is 0 Å². The molecule has 2 rings (SSSR count). The minimum atomic E-state index is -0.662. The zero-order valence-corrected chi connectivity index (χ0v) is 8.45. The van der Waals surface area contributed by atoms with Crippen molar-refractivity contribution < 1.29 is 14.6 Å². The third-order valence-corrected chi connectivity index (χ3v) is 3.53. The van der Waals surface area contributed by atoms with Crippen LogP contribution in [0.4, 0.5) is 0 Å². The molecule has 1 spiro atoms. The fraction of sp³-hybridized carbons (Fsp3) is 0.900. The zero-order chi connectivity index (χ0) is 10.2. The van der Waals surface area contributed by atoms with Crippen LogP contribution in [0.5, 0.6) is 0 Å². The summed E-state index contributed by atoms with van der Waals surface area (Å²) >= 11 is 0. The molecule has 1 aliphatic carbocycles. The van der Waals surface area contributed by atoms with Gasteiger partial charge in [0.1, 0.15) is 0 Å². The number of carbonyl (C=O) groups is 1. The van der Waals surface area contributed by atoms with Gasteiger partial charge in [0.15, 0.2) is 0 Å². The summed E-state index contributed by atoms with van der Waals surface area (Å²) in [4.78, 5) is 11.0. The monoisotopic (exact) mass is 199 g/mol. The van der Waals surface area contributed by atoms with Crippen LogP contribution in [0.25, 0.3) is 0 Å². The van der Waals surface area contributed by atoms with Gasteiger partial charge in [0.25, 0.3) is 0 Å². The van der Waals surface area contributed by atoms with Gasteiger partial charge in [-0.05, 0) is 19.8 Å². The van der Waals surface area contributed by atoms with E-state index in [1.54, 1.807) is 0 Å². The highest BCUT2D eigenvalue weighted by Crippen LogP contribution is 2.50. The lowest BCUT2D eigenvalue weighted by Crippen LogP contribution is -2.49. The number of aliphatic carboxylic acids is 1. The second kappa shape index (κ2) is 3.51. The molecule has 0 aromatic heterocycles. The van der Waals surface area contributed by atoms with Crippen molar-refractivity contribution >= 4 is 5.97 Å². The molecule has 2 fully saturated rings. The van der Waals surface area contributed by atoms with E-state index in [9.17, 15) is 4.79 Å². The highest BCUT2D eigenvalue weighted by molar-refractivity contribution is 5.72. The first kappa shape index (κ1) is 9.93. The third-order valence-electron chi connectivity index (χ3n) is 3.53. The standard InChI is InChI=1S/C10H17NO3/c1-2-14-7-3-10(4-7)6-11-5-8(10)9(12)13/h7-8,11H,2-6H2,1H3,(H,12,13). The minimum absolute atomic E-state index is 0.00826. The highest BCUT2D eigenvalue weighted by atomic mass is 16.5. The molecule has 14 heavy (non-hydrogen) atoms. The molecule has 0 aromatic rings. The molecule has 1 saturated carbocycles. The lowest BCUT2D eigenvalue weighted by Gasteiger charge is -2.46. The number of rotatable bonds is 3. The molecule has 1 unspecified atom stereocenters. The summed E-state index contributed by atoms with van der Waals surface area (Å²) < 4.78 is 5.47. The van der Waals surface area contributed by atoms with E-state index in [-0.39, 0.29) is 11.3 Å². The predicted octanol–water partition coefficient (Wildman–Crippen LogP) is 0.476. The van der Waals surface area contributed by atoms with Crippen LogP contribution < -0.4 is 5.32 Å². The Balaban J connectivity index is 1.95. The Morgan fingerprint density at radius 2 is 2.36 bits per heavy atom. The van der Waals surface area contributed by atoms with Gasteiger partial charge in [-0.25, -0.2) is 0 Å². The largest absolute Gasteiger partial charge is 0.481 e. The molecule has 0 amide bonds. The summed E-state index contributed by atoms with van der Waals surface area (Å²) in [6, 6.07) is 0. The maximum atomic E-state index is 11.0. The fourth-order valence-corrected chi connectivity index (χ4v) is 2.78. The molecule has 1 atom stereocenters. The predicted molar refractivity (Wildman–Crippen MR) is 51.1 cm³/mol. The van der Waals surface area contributed by atoms with E-state index < -0.39 is 5.97 Å². The first-order chi connectivity index (χ1) is 6.68. The lowest BCUT2D eigenvalue weighted by molar-refractivity contribution is -0.153. The van der Waals surface area contributed by atoms with Crippen LogP contribution in [0.1, 0.15) is 19.8 Å². The minimum Gasteiger partial charge on any atom is -0.481 e. The molecule has 2 aliphatic rings. The van der Waals surface area contributed by atoms with Crippen molar-refractivity contribution in [2.45, 2.75) is 25.9 Å². The van der Waals surface area contributed by atoms with Crippen LogP contribution >= 0.6 is 0 Å². The van der Waals surface area contributed by atoms with Crippen LogP contribution in [-0.4, -0.2) is 36.9 Å². The van der Waals surface area contributed by atoms with Crippen LogP contribution in [0.15, 0.2) is 0 Å². The molecule has 0 aromatic carbocycles. The number of hydrogen-bond donors (Lipinski definition) is 2. The van der Waals surface area contributed by atoms with Crippen molar-refractivity contribution in [1.82, 2.24) is 5.32 Å². The molecule has 1 saturated heterocycles. The van der Waals surface area contributed by atoms with Crippen LogP contribution in [-0.2, 0) is 9.53 Å². The summed E-state index contributed by atoms with van der Waals surface area (Å²) in [7, 11) is 0. The first-order valence-electron chi connectivity index (χ1n) is 5.23. The summed E-state index contributed by atoms with van der Waals surface area (Å²) in [5, 5.41) is 12.2. The summed E-state index contributed by atoms with van der Waals surface area (Å²) in [5.41, 5.74) is -0.00826. The van der Waals surface area contributed by atoms with Crippen molar-refractivity contribution in [1.29, 1.82) is 0 Å². The van der Waals surface area contributed by atoms with Gasteiger partial charge in [-0.2, -0.15) is 0 Å². The van der Waals surface area contributed by atoms with Crippen LogP contribution in [0.3, 0.4) is 0 Å². The van der Waals surface area contributed by atoms with Gasteiger partial charge >= 0.3 is 5.97 Å². The number of nitrogens with one attached hydrogen (secondary N) is 1. The molecule has 0 radical (unpaired) electrons. The first-order valence-corrected chi connectivity index (χ1v) is 5.23. The maximum Gasteiger partial charge on any atom is 0.308 e. The summed E-state index contributed by atoms with van der Waals surface area (Å²) in [5.74, 6) is -0.871. The van der Waals surface area contributed by atoms with E-state index in [2.05, 4.69) is 5.32 Å². The average Bonchev–Trinajstić information content (AvgIpc) is 2.48. The van der Waals surface area contributed by atoms with Crippen molar-refractivity contribution in [2.24, 2.45) is 11.3 Å². The molecular formula is C10H17NO3. The van der Waals surface area contributed by atoms with Gasteiger partial charge in [-0.15, -0.1) is 0 Å². The Bertz CT molecular complexity index is 236. The van der Waals surface area contributed by atoms with Gasteiger partial charge in [-0.3, -0.25) is 4.79 Å². The van der Waals surface area contributed by atoms with E-state index in [4.69, 9.17) is 9.84 Å². The second-order valence-electron chi connectivity index (χ2n) is 4.37. The molecule has 0 bridgehead atoms. The SMILES string of the molecule is CCOC1CC2(CNCC2C(=O)O)C1. The molecule has 80 valence electrons. The number of hydrogen-bond acceptors (Lipinski definition) is 3. The fourth-order valence-electron chi connectivity index (χ4n) is 2.78. The third kappa shape index (κ3) is 1.42. The van der Waals surface area contributed by atoms with E-state index in [0.717, 1.165) is 26.0 Å². The van der Waals surface area contributed by atoms with Gasteiger partial charge in [0.05, 0.1) is 12.0 Å². The molecule has 4 nitrogen and oxygen atoms in total. The lowest BCUT2D eigenvalue weighted by atomic mass is 9.61. The quantitative estimate of drug-likeness (QED) is 0.694. The number of carboxylic acids is 1.